The van der Waals surface area contributed by atoms with Crippen LogP contribution in [-0.4, -0.2) is 52.2 Å². The lowest BCUT2D eigenvalue weighted by Gasteiger charge is -2.36. The second-order valence-electron chi connectivity index (χ2n) is 8.61. The molecule has 1 saturated carbocycles. The van der Waals surface area contributed by atoms with Gasteiger partial charge in [0.2, 0.25) is 11.8 Å². The monoisotopic (exact) mass is 412 g/mol. The lowest BCUT2D eigenvalue weighted by atomic mass is 9.73. The van der Waals surface area contributed by atoms with Crippen LogP contribution < -0.4 is 10.6 Å². The molecule has 4 rings (SSSR count). The van der Waals surface area contributed by atoms with Crippen LogP contribution in [0.15, 0.2) is 24.3 Å². The highest BCUT2D eigenvalue weighted by Gasteiger charge is 2.55. The summed E-state index contributed by atoms with van der Waals surface area (Å²) in [6.07, 6.45) is 4.91. The molecule has 3 aliphatic rings. The van der Waals surface area contributed by atoms with Crippen LogP contribution in [0.25, 0.3) is 0 Å². The van der Waals surface area contributed by atoms with Gasteiger partial charge in [-0.3, -0.25) is 19.3 Å². The van der Waals surface area contributed by atoms with Gasteiger partial charge in [-0.25, -0.2) is 4.79 Å². The van der Waals surface area contributed by atoms with Gasteiger partial charge in [-0.15, -0.1) is 0 Å². The summed E-state index contributed by atoms with van der Waals surface area (Å²) in [5.74, 6) is -0.515. The Morgan fingerprint density at radius 3 is 2.80 bits per heavy atom. The van der Waals surface area contributed by atoms with Crippen molar-refractivity contribution >= 4 is 29.4 Å². The minimum Gasteiger partial charge on any atom is -0.338 e. The molecule has 3 fully saturated rings. The molecule has 0 bridgehead atoms. The van der Waals surface area contributed by atoms with Gasteiger partial charge in [-0.2, -0.15) is 0 Å². The van der Waals surface area contributed by atoms with Gasteiger partial charge in [0.15, 0.2) is 0 Å². The first kappa shape index (κ1) is 20.4. The summed E-state index contributed by atoms with van der Waals surface area (Å²) in [7, 11) is 0. The van der Waals surface area contributed by atoms with Crippen LogP contribution in [0.2, 0.25) is 0 Å². The summed E-state index contributed by atoms with van der Waals surface area (Å²) in [6, 6.07) is 6.81. The first-order valence-electron chi connectivity index (χ1n) is 10.7. The average molecular weight is 412 g/mol. The Morgan fingerprint density at radius 2 is 2.07 bits per heavy atom. The van der Waals surface area contributed by atoms with Gasteiger partial charge >= 0.3 is 6.03 Å². The molecule has 5 amide bonds. The van der Waals surface area contributed by atoms with Crippen molar-refractivity contribution in [2.45, 2.75) is 57.5 Å². The van der Waals surface area contributed by atoms with E-state index >= 15 is 0 Å². The van der Waals surface area contributed by atoms with Gasteiger partial charge in [0, 0.05) is 25.2 Å². The Labute approximate surface area is 176 Å². The molecule has 2 N–H and O–H groups in total. The molecule has 0 aromatic heterocycles. The van der Waals surface area contributed by atoms with Crippen LogP contribution in [-0.2, 0) is 20.9 Å². The van der Waals surface area contributed by atoms with E-state index in [1.807, 2.05) is 25.1 Å². The Kier molecular flexibility index (Phi) is 5.49. The van der Waals surface area contributed by atoms with Crippen molar-refractivity contribution in [3.63, 3.8) is 0 Å². The number of imide groups is 1. The van der Waals surface area contributed by atoms with Crippen LogP contribution in [0.5, 0.6) is 0 Å². The maximum atomic E-state index is 13.0. The van der Waals surface area contributed by atoms with E-state index in [-0.39, 0.29) is 24.3 Å². The maximum Gasteiger partial charge on any atom is 0.325 e. The summed E-state index contributed by atoms with van der Waals surface area (Å²) >= 11 is 0. The van der Waals surface area contributed by atoms with Crippen LogP contribution in [0.3, 0.4) is 0 Å². The van der Waals surface area contributed by atoms with Crippen LogP contribution in [0.1, 0.15) is 51.0 Å². The molecule has 1 aliphatic carbocycles. The molecular formula is C22H28N4O4. The van der Waals surface area contributed by atoms with Crippen LogP contribution >= 0.6 is 0 Å². The number of likely N-dealkylation sites (tertiary alicyclic amines) is 1. The third-order valence-electron chi connectivity index (χ3n) is 6.56. The summed E-state index contributed by atoms with van der Waals surface area (Å²) in [6.45, 7) is 2.93. The Bertz CT molecular complexity index is 886. The molecule has 2 aliphatic heterocycles. The van der Waals surface area contributed by atoms with E-state index in [2.05, 4.69) is 10.6 Å². The molecule has 2 saturated heterocycles. The first-order chi connectivity index (χ1) is 14.4. The number of urea groups is 1. The highest BCUT2D eigenvalue weighted by molar-refractivity contribution is 6.10. The minimum absolute atomic E-state index is 0.0562. The number of carbonyl (C=O) groups is 4. The number of hydrogen-bond acceptors (Lipinski definition) is 4. The van der Waals surface area contributed by atoms with E-state index in [1.54, 1.807) is 11.0 Å². The fraction of sp³-hybridized carbons (Fsp3) is 0.545. The molecular weight excluding hydrogens is 384 g/mol. The fourth-order valence-electron chi connectivity index (χ4n) is 4.82. The molecule has 160 valence electrons. The predicted molar refractivity (Wildman–Crippen MR) is 110 cm³/mol. The maximum absolute atomic E-state index is 13.0. The van der Waals surface area contributed by atoms with Crippen molar-refractivity contribution in [2.75, 3.05) is 18.4 Å². The average Bonchev–Trinajstić information content (AvgIpc) is 3.21. The fourth-order valence-corrected chi connectivity index (χ4v) is 4.82. The van der Waals surface area contributed by atoms with Gasteiger partial charge in [0.05, 0.1) is 0 Å². The van der Waals surface area contributed by atoms with Gasteiger partial charge < -0.3 is 15.5 Å². The third kappa shape index (κ3) is 3.78. The van der Waals surface area contributed by atoms with E-state index in [0.29, 0.717) is 25.1 Å². The summed E-state index contributed by atoms with van der Waals surface area (Å²) in [5, 5.41) is 5.63. The normalized spacial score (nSPS) is 26.4. The van der Waals surface area contributed by atoms with Crippen LogP contribution in [0, 0.1) is 5.92 Å². The quantitative estimate of drug-likeness (QED) is 0.725. The highest BCUT2D eigenvalue weighted by atomic mass is 16.2. The second-order valence-corrected chi connectivity index (χ2v) is 8.61. The van der Waals surface area contributed by atoms with Crippen molar-refractivity contribution < 1.29 is 19.2 Å². The summed E-state index contributed by atoms with van der Waals surface area (Å²) in [5.41, 5.74) is 0.641. The van der Waals surface area contributed by atoms with Gasteiger partial charge in [0.25, 0.3) is 5.91 Å². The SMILES string of the molecule is C[C@@H]1CCCC[C@]12NC(=O)N(CC(=O)Nc1cccc(CN3CCCC3=O)c1)C2=O. The van der Waals surface area contributed by atoms with Gasteiger partial charge in [-0.1, -0.05) is 31.9 Å². The molecule has 30 heavy (non-hydrogen) atoms. The van der Waals surface area contributed by atoms with E-state index in [9.17, 15) is 19.2 Å². The molecule has 1 aromatic carbocycles. The number of nitrogens with one attached hydrogen (secondary N) is 2. The topological polar surface area (TPSA) is 98.8 Å². The van der Waals surface area contributed by atoms with Gasteiger partial charge in [-0.05, 0) is 42.9 Å². The number of amides is 5. The summed E-state index contributed by atoms with van der Waals surface area (Å²) < 4.78 is 0. The Balaban J connectivity index is 1.39. The van der Waals surface area contributed by atoms with E-state index in [1.165, 1.54) is 0 Å². The third-order valence-corrected chi connectivity index (χ3v) is 6.56. The molecule has 1 aromatic rings. The number of carbonyl (C=O) groups excluding carboxylic acids is 4. The number of nitrogens with zero attached hydrogens (tertiary/aromatic N) is 2. The number of hydrogen-bond donors (Lipinski definition) is 2. The number of benzene rings is 1. The van der Waals surface area contributed by atoms with Crippen molar-refractivity contribution in [3.05, 3.63) is 29.8 Å². The molecule has 0 unspecified atom stereocenters. The molecule has 8 nitrogen and oxygen atoms in total. The molecule has 2 atom stereocenters. The first-order valence-corrected chi connectivity index (χ1v) is 10.7. The standard InChI is InChI=1S/C22H28N4O4/c1-15-6-2-3-10-22(15)20(29)26(21(30)24-22)14-18(27)23-17-8-4-7-16(12-17)13-25-11-5-9-19(25)28/h4,7-8,12,15H,2-3,5-6,9-11,13-14H2,1H3,(H,23,27)(H,24,30)/t15-,22+/m1/s1. The largest absolute Gasteiger partial charge is 0.338 e. The Hall–Kier alpha value is -2.90. The van der Waals surface area contributed by atoms with E-state index in [0.717, 1.165) is 42.7 Å². The zero-order valence-corrected chi connectivity index (χ0v) is 17.3. The summed E-state index contributed by atoms with van der Waals surface area (Å²) in [4.78, 5) is 52.7. The lowest BCUT2D eigenvalue weighted by molar-refractivity contribution is -0.136. The second kappa shape index (κ2) is 8.08. The molecule has 0 radical (unpaired) electrons. The smallest absolute Gasteiger partial charge is 0.325 e. The predicted octanol–water partition coefficient (Wildman–Crippen LogP) is 2.25. The van der Waals surface area contributed by atoms with Crippen molar-refractivity contribution in [3.8, 4) is 0 Å². The van der Waals surface area contributed by atoms with Crippen LogP contribution in [0.4, 0.5) is 10.5 Å². The van der Waals surface area contributed by atoms with Crippen molar-refractivity contribution in [1.82, 2.24) is 15.1 Å². The molecule has 1 spiro atoms. The zero-order valence-electron chi connectivity index (χ0n) is 17.3. The van der Waals surface area contributed by atoms with Gasteiger partial charge in [0.1, 0.15) is 12.1 Å². The van der Waals surface area contributed by atoms with Crippen molar-refractivity contribution in [1.29, 1.82) is 0 Å². The van der Waals surface area contributed by atoms with E-state index < -0.39 is 17.5 Å². The molecule has 2 heterocycles. The minimum atomic E-state index is -0.863. The van der Waals surface area contributed by atoms with Crippen molar-refractivity contribution in [2.24, 2.45) is 5.92 Å². The molecule has 8 heteroatoms. The van der Waals surface area contributed by atoms with E-state index in [4.69, 9.17) is 0 Å². The number of anilines is 1. The lowest BCUT2D eigenvalue weighted by Crippen LogP contribution is -2.54. The zero-order chi connectivity index (χ0) is 21.3. The highest BCUT2D eigenvalue weighted by Crippen LogP contribution is 2.38. The number of rotatable bonds is 5. The Morgan fingerprint density at radius 1 is 1.23 bits per heavy atom.